The Bertz CT molecular complexity index is 692. The quantitative estimate of drug-likeness (QED) is 0.352. The van der Waals surface area contributed by atoms with Crippen LogP contribution in [0.5, 0.6) is 0 Å². The number of nitrogens with zero attached hydrogens (tertiary/aromatic N) is 3. The lowest BCUT2D eigenvalue weighted by Gasteiger charge is -2.35. The molecule has 0 radical (unpaired) electrons. The highest BCUT2D eigenvalue weighted by molar-refractivity contribution is 14.0. The number of halogens is 1. The molecule has 2 N–H and O–H groups in total. The first-order valence-electron chi connectivity index (χ1n) is 9.65. The molecule has 1 aliphatic heterocycles. The minimum Gasteiger partial charge on any atom is -0.379 e. The molecular formula is C21H30IN5O. The van der Waals surface area contributed by atoms with Crippen LogP contribution in [-0.4, -0.2) is 55.2 Å². The van der Waals surface area contributed by atoms with E-state index in [4.69, 9.17) is 4.74 Å². The molecule has 0 spiro atoms. The molecule has 1 saturated heterocycles. The number of hydrogen-bond acceptors (Lipinski definition) is 4. The average Bonchev–Trinajstić information content (AvgIpc) is 2.74. The first kappa shape index (κ1) is 22.6. The predicted molar refractivity (Wildman–Crippen MR) is 124 cm³/mol. The van der Waals surface area contributed by atoms with Crippen LogP contribution in [0, 0.1) is 0 Å². The lowest BCUT2D eigenvalue weighted by atomic mass is 10.0. The molecule has 1 atom stereocenters. The Morgan fingerprint density at radius 1 is 1.11 bits per heavy atom. The molecule has 1 aromatic carbocycles. The smallest absolute Gasteiger partial charge is 0.191 e. The Hall–Kier alpha value is -1.71. The summed E-state index contributed by atoms with van der Waals surface area (Å²) in [4.78, 5) is 11.5. The predicted octanol–water partition coefficient (Wildman–Crippen LogP) is 2.83. The summed E-state index contributed by atoms with van der Waals surface area (Å²) in [6.07, 6.45) is 1.80. The van der Waals surface area contributed by atoms with Crippen molar-refractivity contribution in [2.75, 3.05) is 39.4 Å². The van der Waals surface area contributed by atoms with Gasteiger partial charge in [-0.2, -0.15) is 0 Å². The van der Waals surface area contributed by atoms with Crippen molar-refractivity contribution >= 4 is 29.9 Å². The third-order valence-electron chi connectivity index (χ3n) is 4.60. The lowest BCUT2D eigenvalue weighted by Crippen LogP contribution is -2.46. The van der Waals surface area contributed by atoms with Gasteiger partial charge in [0.1, 0.15) is 0 Å². The van der Waals surface area contributed by atoms with E-state index < -0.39 is 0 Å². The minimum absolute atomic E-state index is 0. The fourth-order valence-electron chi connectivity index (χ4n) is 3.21. The summed E-state index contributed by atoms with van der Waals surface area (Å²) in [6.45, 7) is 7.72. The number of nitrogens with one attached hydrogen (secondary N) is 2. The molecule has 1 aromatic heterocycles. The van der Waals surface area contributed by atoms with Crippen LogP contribution in [0.2, 0.25) is 0 Å². The molecule has 0 bridgehead atoms. The summed E-state index contributed by atoms with van der Waals surface area (Å²) < 4.78 is 5.53. The summed E-state index contributed by atoms with van der Waals surface area (Å²) in [6, 6.07) is 16.8. The van der Waals surface area contributed by atoms with Gasteiger partial charge in [-0.15, -0.1) is 24.0 Å². The van der Waals surface area contributed by atoms with Crippen LogP contribution in [0.1, 0.15) is 24.2 Å². The normalized spacial score (nSPS) is 16.1. The van der Waals surface area contributed by atoms with Gasteiger partial charge in [0.15, 0.2) is 5.96 Å². The van der Waals surface area contributed by atoms with Gasteiger partial charge in [-0.05, 0) is 24.6 Å². The van der Waals surface area contributed by atoms with E-state index in [1.165, 1.54) is 5.56 Å². The second-order valence-corrected chi connectivity index (χ2v) is 6.47. The molecule has 1 fully saturated rings. The van der Waals surface area contributed by atoms with Crippen molar-refractivity contribution in [3.8, 4) is 0 Å². The minimum atomic E-state index is 0. The van der Waals surface area contributed by atoms with Crippen LogP contribution in [0.25, 0.3) is 0 Å². The van der Waals surface area contributed by atoms with Gasteiger partial charge in [-0.1, -0.05) is 36.4 Å². The van der Waals surface area contributed by atoms with Crippen molar-refractivity contribution in [2.45, 2.75) is 19.5 Å². The Labute approximate surface area is 184 Å². The number of benzene rings is 1. The standard InChI is InChI=1S/C21H29N5O.HI/c1-2-22-21(24-16-19-10-6-7-11-23-19)25-17-20(18-8-4-3-5-9-18)26-12-14-27-15-13-26;/h3-11,20H,2,12-17H2,1H3,(H2,22,24,25);1H. The van der Waals surface area contributed by atoms with Gasteiger partial charge in [-0.3, -0.25) is 9.88 Å². The lowest BCUT2D eigenvalue weighted by molar-refractivity contribution is 0.0170. The van der Waals surface area contributed by atoms with E-state index >= 15 is 0 Å². The number of hydrogen-bond donors (Lipinski definition) is 2. The van der Waals surface area contributed by atoms with E-state index in [1.807, 2.05) is 18.2 Å². The molecule has 2 heterocycles. The molecule has 1 unspecified atom stereocenters. The van der Waals surface area contributed by atoms with Gasteiger partial charge >= 0.3 is 0 Å². The Morgan fingerprint density at radius 2 is 1.86 bits per heavy atom. The second-order valence-electron chi connectivity index (χ2n) is 6.47. The summed E-state index contributed by atoms with van der Waals surface area (Å²) in [5.74, 6) is 0.817. The third kappa shape index (κ3) is 7.03. The largest absolute Gasteiger partial charge is 0.379 e. The molecule has 6 nitrogen and oxygen atoms in total. The van der Waals surface area contributed by atoms with E-state index in [2.05, 4.69) is 62.8 Å². The zero-order chi connectivity index (χ0) is 18.7. The van der Waals surface area contributed by atoms with Gasteiger partial charge in [0.25, 0.3) is 0 Å². The van der Waals surface area contributed by atoms with Crippen molar-refractivity contribution in [2.24, 2.45) is 4.99 Å². The molecule has 0 amide bonds. The molecule has 28 heavy (non-hydrogen) atoms. The Kier molecular flexibility index (Phi) is 10.2. The summed E-state index contributed by atoms with van der Waals surface area (Å²) >= 11 is 0. The van der Waals surface area contributed by atoms with Crippen LogP contribution in [-0.2, 0) is 11.3 Å². The molecule has 0 aliphatic carbocycles. The summed E-state index contributed by atoms with van der Waals surface area (Å²) in [7, 11) is 0. The van der Waals surface area contributed by atoms with Crippen molar-refractivity contribution in [3.63, 3.8) is 0 Å². The summed E-state index contributed by atoms with van der Waals surface area (Å²) in [5.41, 5.74) is 2.27. The first-order chi connectivity index (χ1) is 13.4. The Balaban J connectivity index is 0.00000280. The van der Waals surface area contributed by atoms with Crippen molar-refractivity contribution in [3.05, 3.63) is 66.0 Å². The second kappa shape index (κ2) is 12.7. The number of morpholine rings is 1. The maximum atomic E-state index is 5.53. The maximum Gasteiger partial charge on any atom is 0.191 e. The topological polar surface area (TPSA) is 61.8 Å². The molecule has 0 saturated carbocycles. The molecular weight excluding hydrogens is 465 g/mol. The molecule has 3 rings (SSSR count). The molecule has 2 aromatic rings. The SMILES string of the molecule is CCNC(=NCc1ccccn1)NCC(c1ccccc1)N1CCOCC1.I. The number of guanidine groups is 1. The maximum absolute atomic E-state index is 5.53. The van der Waals surface area contributed by atoms with E-state index in [0.29, 0.717) is 6.54 Å². The monoisotopic (exact) mass is 495 g/mol. The van der Waals surface area contributed by atoms with Crippen LogP contribution in [0.15, 0.2) is 59.7 Å². The van der Waals surface area contributed by atoms with Gasteiger partial charge in [0, 0.05) is 32.4 Å². The zero-order valence-corrected chi connectivity index (χ0v) is 18.7. The molecule has 152 valence electrons. The van der Waals surface area contributed by atoms with Gasteiger partial charge < -0.3 is 15.4 Å². The Morgan fingerprint density at radius 3 is 2.54 bits per heavy atom. The highest BCUT2D eigenvalue weighted by Gasteiger charge is 2.22. The summed E-state index contributed by atoms with van der Waals surface area (Å²) in [5, 5.41) is 6.85. The van der Waals surface area contributed by atoms with Crippen molar-refractivity contribution < 1.29 is 4.74 Å². The van der Waals surface area contributed by atoms with E-state index in [9.17, 15) is 0 Å². The first-order valence-corrected chi connectivity index (χ1v) is 9.65. The van der Waals surface area contributed by atoms with Crippen molar-refractivity contribution in [1.29, 1.82) is 0 Å². The molecule has 1 aliphatic rings. The van der Waals surface area contributed by atoms with Gasteiger partial charge in [0.2, 0.25) is 0 Å². The highest BCUT2D eigenvalue weighted by atomic mass is 127. The van der Waals surface area contributed by atoms with Crippen LogP contribution in [0.3, 0.4) is 0 Å². The van der Waals surface area contributed by atoms with Crippen molar-refractivity contribution in [1.82, 2.24) is 20.5 Å². The van der Waals surface area contributed by atoms with Crippen LogP contribution >= 0.6 is 24.0 Å². The van der Waals surface area contributed by atoms with Gasteiger partial charge in [-0.25, -0.2) is 4.99 Å². The zero-order valence-electron chi connectivity index (χ0n) is 16.4. The number of rotatable bonds is 7. The number of pyridine rings is 1. The fourth-order valence-corrected chi connectivity index (χ4v) is 3.21. The third-order valence-corrected chi connectivity index (χ3v) is 4.60. The van der Waals surface area contributed by atoms with Crippen LogP contribution < -0.4 is 10.6 Å². The van der Waals surface area contributed by atoms with Crippen LogP contribution in [0.4, 0.5) is 0 Å². The average molecular weight is 495 g/mol. The fraction of sp³-hybridized carbons (Fsp3) is 0.429. The number of aromatic nitrogens is 1. The van der Waals surface area contributed by atoms with E-state index in [0.717, 1.165) is 51.0 Å². The molecule has 7 heteroatoms. The van der Waals surface area contributed by atoms with E-state index in [-0.39, 0.29) is 30.0 Å². The highest BCUT2D eigenvalue weighted by Crippen LogP contribution is 2.21. The number of ether oxygens (including phenoxy) is 1. The number of aliphatic imine (C=N–C) groups is 1. The van der Waals surface area contributed by atoms with E-state index in [1.54, 1.807) is 6.20 Å². The van der Waals surface area contributed by atoms with Gasteiger partial charge in [0.05, 0.1) is 31.5 Å².